The Labute approximate surface area is 127 Å². The number of rotatable bonds is 2. The van der Waals surface area contributed by atoms with Gasteiger partial charge in [0.2, 0.25) is 0 Å². The van der Waals surface area contributed by atoms with Crippen LogP contribution in [0.2, 0.25) is 0 Å². The molecule has 124 valence electrons. The Morgan fingerprint density at radius 2 is 2.09 bits per heavy atom. The first kappa shape index (κ1) is 14.9. The summed E-state index contributed by atoms with van der Waals surface area (Å²) in [6.45, 7) is 0. The topological polar surface area (TPSA) is 192 Å². The van der Waals surface area contributed by atoms with Crippen LogP contribution < -0.4 is 15.5 Å². The number of hydrogen-bond acceptors (Lipinski definition) is 11. The van der Waals surface area contributed by atoms with E-state index in [-0.39, 0.29) is 22.8 Å². The van der Waals surface area contributed by atoms with Crippen molar-refractivity contribution in [2.45, 2.75) is 30.6 Å². The van der Waals surface area contributed by atoms with Gasteiger partial charge in [-0.15, -0.1) is 0 Å². The van der Waals surface area contributed by atoms with E-state index in [9.17, 15) is 24.6 Å². The first-order chi connectivity index (χ1) is 10.8. The molecule has 4 rings (SSSR count). The summed E-state index contributed by atoms with van der Waals surface area (Å²) < 4.78 is 22.2. The molecule has 0 spiro atoms. The van der Waals surface area contributed by atoms with Crippen molar-refractivity contribution in [2.24, 2.45) is 0 Å². The van der Waals surface area contributed by atoms with Gasteiger partial charge in [-0.25, -0.2) is 15.0 Å². The molecular weight excluding hydrogens is 333 g/mol. The van der Waals surface area contributed by atoms with Crippen LogP contribution in [-0.2, 0) is 13.8 Å². The maximum atomic E-state index is 11.0. The van der Waals surface area contributed by atoms with Crippen molar-refractivity contribution in [3.63, 3.8) is 0 Å². The van der Waals surface area contributed by atoms with Gasteiger partial charge in [-0.3, -0.25) is 4.57 Å². The lowest BCUT2D eigenvalue weighted by Gasteiger charge is -2.37. The number of hydrogen-bond donors (Lipinski definition) is 3. The first-order valence-corrected chi connectivity index (χ1v) is 7.94. The number of anilines is 1. The van der Waals surface area contributed by atoms with Crippen molar-refractivity contribution in [1.29, 1.82) is 0 Å². The van der Waals surface area contributed by atoms with Gasteiger partial charge < -0.3 is 39.6 Å². The molecule has 0 aliphatic carbocycles. The maximum absolute atomic E-state index is 11.0. The third-order valence-electron chi connectivity index (χ3n) is 3.86. The molecule has 2 bridgehead atoms. The zero-order valence-electron chi connectivity index (χ0n) is 11.2. The zero-order valence-corrected chi connectivity index (χ0v) is 12.1. The molecular formula is C10H10N5O7P-2. The summed E-state index contributed by atoms with van der Waals surface area (Å²) in [6, 6.07) is 0. The van der Waals surface area contributed by atoms with Gasteiger partial charge in [0.05, 0.1) is 7.82 Å². The highest BCUT2D eigenvalue weighted by Crippen LogP contribution is 2.49. The summed E-state index contributed by atoms with van der Waals surface area (Å²) in [5, 5.41) is 20.1. The molecule has 5 atom stereocenters. The van der Waals surface area contributed by atoms with E-state index in [1.165, 1.54) is 4.57 Å². The monoisotopic (exact) mass is 343 g/mol. The number of ether oxygens (including phenoxy) is 1. The van der Waals surface area contributed by atoms with Crippen LogP contribution in [0.1, 0.15) is 18.2 Å². The van der Waals surface area contributed by atoms with Crippen molar-refractivity contribution in [3.05, 3.63) is 12.2 Å². The fraction of sp³-hybridized carbons (Fsp3) is 0.500. The second kappa shape index (κ2) is 4.68. The smallest absolute Gasteiger partial charge is 0.167 e. The minimum absolute atomic E-state index is 0.0222. The number of aromatic nitrogens is 4. The van der Waals surface area contributed by atoms with Crippen LogP contribution in [0.4, 0.5) is 5.82 Å². The molecule has 2 aliphatic heterocycles. The molecule has 13 heteroatoms. The van der Waals surface area contributed by atoms with Gasteiger partial charge in [0, 0.05) is 0 Å². The Morgan fingerprint density at radius 3 is 2.78 bits per heavy atom. The first-order valence-electron chi connectivity index (χ1n) is 6.48. The second-order valence-corrected chi connectivity index (χ2v) is 6.32. The lowest BCUT2D eigenvalue weighted by atomic mass is 10.1. The molecule has 23 heavy (non-hydrogen) atoms. The van der Waals surface area contributed by atoms with E-state index in [1.54, 1.807) is 0 Å². The molecule has 2 aromatic rings. The summed E-state index contributed by atoms with van der Waals surface area (Å²) >= 11 is 0. The Morgan fingerprint density at radius 1 is 1.35 bits per heavy atom. The van der Waals surface area contributed by atoms with Crippen molar-refractivity contribution in [2.75, 3.05) is 5.73 Å². The van der Waals surface area contributed by atoms with E-state index in [0.29, 0.717) is 0 Å². The van der Waals surface area contributed by atoms with Crippen LogP contribution in [0.25, 0.3) is 11.2 Å². The molecule has 2 aliphatic rings. The van der Waals surface area contributed by atoms with Crippen molar-refractivity contribution in [3.8, 4) is 0 Å². The summed E-state index contributed by atoms with van der Waals surface area (Å²) in [7, 11) is -5.42. The Bertz CT molecular complexity index is 836. The molecule has 5 unspecified atom stereocenters. The van der Waals surface area contributed by atoms with Crippen molar-refractivity contribution >= 4 is 24.8 Å². The SMILES string of the molecule is Nc1ncnc2c1nc1n2C2OC(C1OP(=O)([O-])[O-])C(O)C2O. The van der Waals surface area contributed by atoms with Gasteiger partial charge in [-0.2, -0.15) is 0 Å². The third-order valence-corrected chi connectivity index (χ3v) is 4.34. The minimum atomic E-state index is -5.42. The minimum Gasteiger partial charge on any atom is -0.790 e. The Balaban J connectivity index is 1.96. The number of aliphatic hydroxyl groups excluding tert-OH is 2. The second-order valence-electron chi connectivity index (χ2n) is 5.22. The van der Waals surface area contributed by atoms with Gasteiger partial charge in [0.1, 0.15) is 36.6 Å². The number of aliphatic hydroxyl groups is 2. The normalized spacial score (nSPS) is 33.1. The van der Waals surface area contributed by atoms with E-state index in [2.05, 4.69) is 19.5 Å². The number of fused-ring (bicyclic) bond motifs is 6. The summed E-state index contributed by atoms with van der Waals surface area (Å²) in [5.74, 6) is -0.0232. The lowest BCUT2D eigenvalue weighted by Crippen LogP contribution is -2.37. The van der Waals surface area contributed by atoms with Gasteiger partial charge in [0.15, 0.2) is 23.2 Å². The van der Waals surface area contributed by atoms with Gasteiger partial charge in [0.25, 0.3) is 0 Å². The number of nitrogens with zero attached hydrogens (tertiary/aromatic N) is 4. The van der Waals surface area contributed by atoms with Crippen LogP contribution in [0.5, 0.6) is 0 Å². The quantitative estimate of drug-likeness (QED) is 0.468. The average molecular weight is 343 g/mol. The van der Waals surface area contributed by atoms with E-state index < -0.39 is 38.5 Å². The lowest BCUT2D eigenvalue weighted by molar-refractivity contribution is -0.348. The van der Waals surface area contributed by atoms with Gasteiger partial charge >= 0.3 is 0 Å². The van der Waals surface area contributed by atoms with Crippen LogP contribution in [0, 0.1) is 0 Å². The summed E-state index contributed by atoms with van der Waals surface area (Å²) in [6.07, 6.45) is -5.58. The maximum Gasteiger partial charge on any atom is 0.167 e. The predicted octanol–water partition coefficient (Wildman–Crippen LogP) is -3.07. The fourth-order valence-corrected chi connectivity index (χ4v) is 3.43. The van der Waals surface area contributed by atoms with Crippen molar-refractivity contribution in [1.82, 2.24) is 19.5 Å². The molecule has 1 fully saturated rings. The molecule has 4 heterocycles. The highest BCUT2D eigenvalue weighted by atomic mass is 31.2. The molecule has 0 aromatic carbocycles. The number of imidazole rings is 1. The summed E-state index contributed by atoms with van der Waals surface area (Å²) in [4.78, 5) is 33.9. The largest absolute Gasteiger partial charge is 0.790 e. The highest BCUT2D eigenvalue weighted by Gasteiger charge is 2.55. The van der Waals surface area contributed by atoms with E-state index >= 15 is 0 Å². The van der Waals surface area contributed by atoms with E-state index in [0.717, 1.165) is 6.33 Å². The third kappa shape index (κ3) is 2.08. The predicted molar refractivity (Wildman–Crippen MR) is 67.1 cm³/mol. The van der Waals surface area contributed by atoms with E-state index in [4.69, 9.17) is 10.5 Å². The van der Waals surface area contributed by atoms with Crippen LogP contribution in [0.3, 0.4) is 0 Å². The fourth-order valence-electron chi connectivity index (χ4n) is 2.94. The molecule has 12 nitrogen and oxygen atoms in total. The molecule has 1 saturated heterocycles. The number of phosphoric ester groups is 1. The highest BCUT2D eigenvalue weighted by molar-refractivity contribution is 7.43. The van der Waals surface area contributed by atoms with Crippen LogP contribution in [0.15, 0.2) is 6.33 Å². The molecule has 0 radical (unpaired) electrons. The Kier molecular flexibility index (Phi) is 3.03. The van der Waals surface area contributed by atoms with Crippen LogP contribution in [-0.4, -0.2) is 48.0 Å². The summed E-state index contributed by atoms with van der Waals surface area (Å²) in [5.41, 5.74) is 6.00. The Hall–Kier alpha value is -1.66. The van der Waals surface area contributed by atoms with Gasteiger partial charge in [-0.1, -0.05) is 0 Å². The standard InChI is InChI=1S/C10H12N5O7P/c11-7-2-8(13-1-12-7)15-9(14-2)6(22-23(18,19)20)5-3(16)4(17)10(15)21-5/h1,3-6,10,16-17H,(H2,11,12,13)(H2,18,19,20)/p-2. The molecule has 0 amide bonds. The van der Waals surface area contributed by atoms with Crippen molar-refractivity contribution < 1.29 is 33.8 Å². The van der Waals surface area contributed by atoms with Crippen LogP contribution >= 0.6 is 7.82 Å². The number of nitrogens with two attached hydrogens (primary N) is 1. The number of nitrogen functional groups attached to an aromatic ring is 1. The van der Waals surface area contributed by atoms with Gasteiger partial charge in [-0.05, 0) is 0 Å². The molecule has 4 N–H and O–H groups in total. The zero-order chi connectivity index (χ0) is 16.5. The average Bonchev–Trinajstić information content (AvgIpc) is 2.96. The number of phosphoric acid groups is 1. The molecule has 0 saturated carbocycles. The molecule has 2 aromatic heterocycles. The van der Waals surface area contributed by atoms with E-state index in [1.807, 2.05) is 0 Å².